The molecule has 160 valence electrons. The second-order valence-electron chi connectivity index (χ2n) is 8.94. The van der Waals surface area contributed by atoms with E-state index in [-0.39, 0.29) is 11.9 Å². The molecule has 2 fully saturated rings. The molecular formula is C23H36N4O2. The second kappa shape index (κ2) is 9.26. The fourth-order valence-electron chi connectivity index (χ4n) is 4.61. The van der Waals surface area contributed by atoms with Crippen molar-refractivity contribution in [2.24, 2.45) is 0 Å². The molecule has 3 amide bonds. The molecule has 1 spiro atoms. The molecule has 29 heavy (non-hydrogen) atoms. The minimum absolute atomic E-state index is 0.0257. The van der Waals surface area contributed by atoms with Crippen LogP contribution in [0.25, 0.3) is 0 Å². The van der Waals surface area contributed by atoms with Gasteiger partial charge in [-0.2, -0.15) is 0 Å². The molecule has 2 saturated heterocycles. The van der Waals surface area contributed by atoms with Crippen LogP contribution in [0.1, 0.15) is 38.7 Å². The average molecular weight is 401 g/mol. The number of likely N-dealkylation sites (tertiary alicyclic amines) is 1. The fourth-order valence-corrected chi connectivity index (χ4v) is 4.61. The number of amides is 3. The molecule has 1 aromatic rings. The smallest absolute Gasteiger partial charge is 0.309 e. The molecular weight excluding hydrogens is 364 g/mol. The summed E-state index contributed by atoms with van der Waals surface area (Å²) >= 11 is 0. The Balaban J connectivity index is 1.77. The van der Waals surface area contributed by atoms with Crippen molar-refractivity contribution >= 4 is 11.9 Å². The highest BCUT2D eigenvalue weighted by Crippen LogP contribution is 2.38. The maximum atomic E-state index is 13.5. The first-order valence-corrected chi connectivity index (χ1v) is 10.9. The predicted octanol–water partition coefficient (Wildman–Crippen LogP) is 2.69. The maximum Gasteiger partial charge on any atom is 0.327 e. The van der Waals surface area contributed by atoms with Gasteiger partial charge in [0.05, 0.1) is 0 Å². The first-order valence-electron chi connectivity index (χ1n) is 10.9. The lowest BCUT2D eigenvalue weighted by Gasteiger charge is -2.43. The Labute approximate surface area is 175 Å². The molecule has 6 nitrogen and oxygen atoms in total. The van der Waals surface area contributed by atoms with E-state index in [4.69, 9.17) is 0 Å². The van der Waals surface area contributed by atoms with Crippen molar-refractivity contribution in [2.75, 3.05) is 46.8 Å². The summed E-state index contributed by atoms with van der Waals surface area (Å²) < 4.78 is 0. The lowest BCUT2D eigenvalue weighted by Crippen LogP contribution is -2.57. The Kier molecular flexibility index (Phi) is 6.96. The number of rotatable bonds is 8. The Morgan fingerprint density at radius 1 is 1.03 bits per heavy atom. The number of piperidine rings is 1. The number of carbonyl (C=O) groups excluding carboxylic acids is 2. The van der Waals surface area contributed by atoms with E-state index in [1.807, 2.05) is 37.2 Å². The van der Waals surface area contributed by atoms with Gasteiger partial charge in [0, 0.05) is 32.2 Å². The first-order chi connectivity index (χ1) is 13.8. The molecule has 0 aliphatic carbocycles. The quantitative estimate of drug-likeness (QED) is 0.630. The number of hydrogen-bond donors (Lipinski definition) is 0. The maximum absolute atomic E-state index is 13.5. The molecule has 0 aromatic heterocycles. The van der Waals surface area contributed by atoms with Crippen molar-refractivity contribution in [3.8, 4) is 0 Å². The lowest BCUT2D eigenvalue weighted by atomic mass is 9.85. The number of imide groups is 1. The summed E-state index contributed by atoms with van der Waals surface area (Å²) in [7, 11) is 4.03. The predicted molar refractivity (Wildman–Crippen MR) is 116 cm³/mol. The Hall–Kier alpha value is -1.92. The van der Waals surface area contributed by atoms with E-state index in [1.54, 1.807) is 0 Å². The minimum atomic E-state index is -0.657. The number of hydrogen-bond acceptors (Lipinski definition) is 4. The van der Waals surface area contributed by atoms with Crippen molar-refractivity contribution in [3.05, 3.63) is 35.9 Å². The summed E-state index contributed by atoms with van der Waals surface area (Å²) in [5, 5.41) is 0. The molecule has 6 heteroatoms. The van der Waals surface area contributed by atoms with Gasteiger partial charge in [-0.1, -0.05) is 30.3 Å². The molecule has 0 unspecified atom stereocenters. The van der Waals surface area contributed by atoms with Crippen molar-refractivity contribution in [1.82, 2.24) is 19.6 Å². The zero-order valence-corrected chi connectivity index (χ0v) is 18.4. The van der Waals surface area contributed by atoms with Gasteiger partial charge in [0.2, 0.25) is 0 Å². The van der Waals surface area contributed by atoms with Crippen LogP contribution in [0, 0.1) is 0 Å². The molecule has 3 rings (SSSR count). The van der Waals surface area contributed by atoms with Gasteiger partial charge in [-0.05, 0) is 65.7 Å². The normalized spacial score (nSPS) is 19.9. The highest BCUT2D eigenvalue weighted by molar-refractivity contribution is 6.07. The van der Waals surface area contributed by atoms with Crippen LogP contribution in [0.15, 0.2) is 30.3 Å². The third-order valence-electron chi connectivity index (χ3n) is 6.43. The number of nitrogens with zero attached hydrogens (tertiary/aromatic N) is 4. The summed E-state index contributed by atoms with van der Waals surface area (Å²) in [6.45, 7) is 8.10. The van der Waals surface area contributed by atoms with Crippen LogP contribution in [0.5, 0.6) is 0 Å². The average Bonchev–Trinajstić information content (AvgIpc) is 2.88. The van der Waals surface area contributed by atoms with E-state index in [2.05, 4.69) is 35.8 Å². The summed E-state index contributed by atoms with van der Waals surface area (Å²) in [6, 6.07) is 10.6. The van der Waals surface area contributed by atoms with E-state index in [9.17, 15) is 9.59 Å². The highest BCUT2D eigenvalue weighted by Gasteiger charge is 2.57. The van der Waals surface area contributed by atoms with Gasteiger partial charge < -0.3 is 14.7 Å². The van der Waals surface area contributed by atoms with Gasteiger partial charge in [0.15, 0.2) is 0 Å². The van der Waals surface area contributed by atoms with Gasteiger partial charge in [0.1, 0.15) is 5.54 Å². The lowest BCUT2D eigenvalue weighted by molar-refractivity contribution is -0.136. The third kappa shape index (κ3) is 4.64. The van der Waals surface area contributed by atoms with E-state index in [0.717, 1.165) is 45.3 Å². The van der Waals surface area contributed by atoms with Crippen molar-refractivity contribution in [1.29, 1.82) is 0 Å². The number of urea groups is 1. The standard InChI is InChI=1S/C23H36N4O2/c1-19(2)25-17-12-23(13-18-25)21(28)26(15-8-14-24(3)4)22(29)27(23)16-11-20-9-6-5-7-10-20/h5-7,9-10,19H,8,11-18H2,1-4H3. The number of carbonyl (C=O) groups is 2. The van der Waals surface area contributed by atoms with E-state index >= 15 is 0 Å². The van der Waals surface area contributed by atoms with Crippen LogP contribution < -0.4 is 0 Å². The van der Waals surface area contributed by atoms with Gasteiger partial charge in [-0.3, -0.25) is 9.69 Å². The van der Waals surface area contributed by atoms with E-state index in [0.29, 0.717) is 19.1 Å². The van der Waals surface area contributed by atoms with Crippen LogP contribution in [-0.4, -0.2) is 89.9 Å². The fraction of sp³-hybridized carbons (Fsp3) is 0.652. The Morgan fingerprint density at radius 2 is 1.69 bits per heavy atom. The van der Waals surface area contributed by atoms with Crippen molar-refractivity contribution in [3.63, 3.8) is 0 Å². The molecule has 2 heterocycles. The Morgan fingerprint density at radius 3 is 2.28 bits per heavy atom. The summed E-state index contributed by atoms with van der Waals surface area (Å²) in [5.41, 5.74) is 0.545. The van der Waals surface area contributed by atoms with Crippen LogP contribution >= 0.6 is 0 Å². The highest BCUT2D eigenvalue weighted by atomic mass is 16.2. The molecule has 0 radical (unpaired) electrons. The monoisotopic (exact) mass is 400 g/mol. The largest absolute Gasteiger partial charge is 0.327 e. The molecule has 1 aromatic carbocycles. The molecule has 0 saturated carbocycles. The minimum Gasteiger partial charge on any atom is -0.309 e. The summed E-state index contributed by atoms with van der Waals surface area (Å²) in [5.74, 6) is 0.0257. The zero-order chi connectivity index (χ0) is 21.0. The van der Waals surface area contributed by atoms with Crippen LogP contribution in [0.4, 0.5) is 4.79 Å². The Bertz CT molecular complexity index is 696. The van der Waals surface area contributed by atoms with Gasteiger partial charge in [-0.15, -0.1) is 0 Å². The second-order valence-corrected chi connectivity index (χ2v) is 8.94. The van der Waals surface area contributed by atoms with Crippen LogP contribution in [0.3, 0.4) is 0 Å². The van der Waals surface area contributed by atoms with Crippen molar-refractivity contribution < 1.29 is 9.59 Å². The first kappa shape index (κ1) is 21.8. The van der Waals surface area contributed by atoms with Gasteiger partial charge in [0.25, 0.3) is 5.91 Å². The zero-order valence-electron chi connectivity index (χ0n) is 18.4. The van der Waals surface area contributed by atoms with E-state index in [1.165, 1.54) is 10.5 Å². The van der Waals surface area contributed by atoms with Gasteiger partial charge in [-0.25, -0.2) is 4.79 Å². The van der Waals surface area contributed by atoms with Crippen LogP contribution in [-0.2, 0) is 11.2 Å². The van der Waals surface area contributed by atoms with Crippen molar-refractivity contribution in [2.45, 2.75) is 51.1 Å². The third-order valence-corrected chi connectivity index (χ3v) is 6.43. The van der Waals surface area contributed by atoms with Crippen LogP contribution in [0.2, 0.25) is 0 Å². The number of benzene rings is 1. The summed E-state index contributed by atoms with van der Waals surface area (Å²) in [4.78, 5) is 34.7. The molecule has 2 aliphatic rings. The van der Waals surface area contributed by atoms with E-state index < -0.39 is 5.54 Å². The SMILES string of the molecule is CC(C)N1CCC2(CC1)C(=O)N(CCCN(C)C)C(=O)N2CCc1ccccc1. The van der Waals surface area contributed by atoms with Gasteiger partial charge >= 0.3 is 6.03 Å². The molecule has 0 N–H and O–H groups in total. The molecule has 2 aliphatic heterocycles. The topological polar surface area (TPSA) is 47.1 Å². The molecule has 0 bridgehead atoms. The summed E-state index contributed by atoms with van der Waals surface area (Å²) in [6.07, 6.45) is 3.05. The molecule has 0 atom stereocenters.